The third kappa shape index (κ3) is 0.995. The number of hydrogen-bond donors (Lipinski definition) is 1. The van der Waals surface area contributed by atoms with Gasteiger partial charge in [0.05, 0.1) is 0 Å². The lowest BCUT2D eigenvalue weighted by Crippen LogP contribution is -2.03. The minimum absolute atomic E-state index is 0.463. The third-order valence-corrected chi connectivity index (χ3v) is 0.805. The van der Waals surface area contributed by atoms with E-state index in [0.29, 0.717) is 11.3 Å². The Labute approximate surface area is 49.1 Å². The van der Waals surface area contributed by atoms with Crippen LogP contribution in [0.1, 0.15) is 0 Å². The number of nitrogens with two attached hydrogens (primary N) is 1. The molecule has 0 saturated heterocycles. The molecular weight excluding hydrogens is 98.9 g/mol. The Hall–Kier alpha value is -0.985. The maximum atomic E-state index is 5.34. The molecular formula is C5H5BN2. The minimum Gasteiger partial charge on any atom is -0.384 e. The van der Waals surface area contributed by atoms with Crippen molar-refractivity contribution in [3.05, 3.63) is 18.3 Å². The number of anilines is 1. The van der Waals surface area contributed by atoms with Crippen LogP contribution in [-0.2, 0) is 0 Å². The number of rotatable bonds is 0. The van der Waals surface area contributed by atoms with Crippen molar-refractivity contribution >= 4 is 19.1 Å². The van der Waals surface area contributed by atoms with Crippen LogP contribution in [0.3, 0.4) is 0 Å². The Morgan fingerprint density at radius 1 is 1.62 bits per heavy atom. The number of aromatic nitrogens is 1. The normalized spacial score (nSPS) is 9.00. The van der Waals surface area contributed by atoms with E-state index in [-0.39, 0.29) is 0 Å². The van der Waals surface area contributed by atoms with E-state index in [2.05, 4.69) is 4.98 Å². The highest BCUT2D eigenvalue weighted by atomic mass is 14.8. The Kier molecular flexibility index (Phi) is 1.20. The largest absolute Gasteiger partial charge is 0.384 e. The van der Waals surface area contributed by atoms with Crippen LogP contribution in [0.4, 0.5) is 5.82 Å². The van der Waals surface area contributed by atoms with E-state index in [1.54, 1.807) is 18.3 Å². The number of pyridine rings is 1. The fraction of sp³-hybridized carbons (Fsp3) is 0. The molecule has 0 aliphatic rings. The summed E-state index contributed by atoms with van der Waals surface area (Å²) in [7, 11) is 5.34. The van der Waals surface area contributed by atoms with E-state index >= 15 is 0 Å². The predicted octanol–water partition coefficient (Wildman–Crippen LogP) is -0.542. The zero-order valence-electron chi connectivity index (χ0n) is 4.33. The first kappa shape index (κ1) is 5.16. The maximum Gasteiger partial charge on any atom is 0.122 e. The summed E-state index contributed by atoms with van der Waals surface area (Å²) in [4.78, 5) is 3.74. The summed E-state index contributed by atoms with van der Waals surface area (Å²) in [6.07, 6.45) is 1.57. The molecule has 1 aromatic rings. The van der Waals surface area contributed by atoms with E-state index in [4.69, 9.17) is 13.6 Å². The first-order valence-corrected chi connectivity index (χ1v) is 2.26. The lowest BCUT2D eigenvalue weighted by Gasteiger charge is -1.90. The first-order valence-electron chi connectivity index (χ1n) is 2.26. The van der Waals surface area contributed by atoms with Gasteiger partial charge in [0.1, 0.15) is 13.7 Å². The summed E-state index contributed by atoms with van der Waals surface area (Å²) in [5, 5.41) is 0. The number of nitrogens with zero attached hydrogens (tertiary/aromatic N) is 1. The van der Waals surface area contributed by atoms with Crippen LogP contribution >= 0.6 is 0 Å². The SMILES string of the molecule is [B]c1ccnc(N)c1. The van der Waals surface area contributed by atoms with Gasteiger partial charge in [-0.05, 0) is 6.07 Å². The molecule has 0 saturated carbocycles. The molecule has 38 valence electrons. The molecule has 2 radical (unpaired) electrons. The van der Waals surface area contributed by atoms with Crippen LogP contribution in [0, 0.1) is 0 Å². The van der Waals surface area contributed by atoms with Gasteiger partial charge in [-0.2, -0.15) is 0 Å². The quantitative estimate of drug-likeness (QED) is 0.449. The summed E-state index contributed by atoms with van der Waals surface area (Å²) < 4.78 is 0. The molecule has 0 spiro atoms. The summed E-state index contributed by atoms with van der Waals surface area (Å²) in [5.74, 6) is 0.463. The molecule has 0 fully saturated rings. The smallest absolute Gasteiger partial charge is 0.122 e. The summed E-state index contributed by atoms with van der Waals surface area (Å²) in [5.41, 5.74) is 5.92. The van der Waals surface area contributed by atoms with Gasteiger partial charge >= 0.3 is 0 Å². The van der Waals surface area contributed by atoms with Gasteiger partial charge in [-0.1, -0.05) is 11.5 Å². The van der Waals surface area contributed by atoms with Gasteiger partial charge in [0.25, 0.3) is 0 Å². The maximum absolute atomic E-state index is 5.34. The van der Waals surface area contributed by atoms with Crippen LogP contribution in [0.15, 0.2) is 18.3 Å². The molecule has 0 bridgehead atoms. The van der Waals surface area contributed by atoms with E-state index < -0.39 is 0 Å². The molecule has 1 aromatic heterocycles. The van der Waals surface area contributed by atoms with E-state index in [1.165, 1.54) is 0 Å². The van der Waals surface area contributed by atoms with Crippen molar-refractivity contribution in [2.45, 2.75) is 0 Å². The average molecular weight is 104 g/mol. The second kappa shape index (κ2) is 1.86. The van der Waals surface area contributed by atoms with Crippen molar-refractivity contribution in [2.75, 3.05) is 5.73 Å². The molecule has 0 atom stereocenters. The second-order valence-corrected chi connectivity index (χ2v) is 1.51. The summed E-state index contributed by atoms with van der Waals surface area (Å²) in [6, 6.07) is 3.30. The van der Waals surface area contributed by atoms with Gasteiger partial charge in [-0.15, -0.1) is 0 Å². The molecule has 2 N–H and O–H groups in total. The van der Waals surface area contributed by atoms with Gasteiger partial charge in [0.2, 0.25) is 0 Å². The topological polar surface area (TPSA) is 38.9 Å². The monoisotopic (exact) mass is 104 g/mol. The van der Waals surface area contributed by atoms with Crippen LogP contribution < -0.4 is 11.2 Å². The molecule has 8 heavy (non-hydrogen) atoms. The predicted molar refractivity (Wildman–Crippen MR) is 34.0 cm³/mol. The van der Waals surface area contributed by atoms with Crippen molar-refractivity contribution < 1.29 is 0 Å². The van der Waals surface area contributed by atoms with Gasteiger partial charge in [0, 0.05) is 6.20 Å². The fourth-order valence-electron chi connectivity index (χ4n) is 0.466. The first-order chi connectivity index (χ1) is 3.79. The molecule has 0 unspecified atom stereocenters. The van der Waals surface area contributed by atoms with E-state index in [0.717, 1.165) is 0 Å². The van der Waals surface area contributed by atoms with Crippen LogP contribution in [0.5, 0.6) is 0 Å². The Morgan fingerprint density at radius 2 is 2.38 bits per heavy atom. The fourth-order valence-corrected chi connectivity index (χ4v) is 0.466. The van der Waals surface area contributed by atoms with Gasteiger partial charge < -0.3 is 5.73 Å². The Balaban J connectivity index is 3.08. The Morgan fingerprint density at radius 3 is 2.75 bits per heavy atom. The van der Waals surface area contributed by atoms with Crippen LogP contribution in [-0.4, -0.2) is 12.8 Å². The molecule has 3 heteroatoms. The van der Waals surface area contributed by atoms with E-state index in [1.807, 2.05) is 0 Å². The standard InChI is InChI=1S/C5H5BN2/c6-4-1-2-8-5(7)3-4/h1-3H,(H2,7,8). The zero-order valence-corrected chi connectivity index (χ0v) is 4.33. The summed E-state index contributed by atoms with van der Waals surface area (Å²) >= 11 is 0. The van der Waals surface area contributed by atoms with Crippen LogP contribution in [0.25, 0.3) is 0 Å². The van der Waals surface area contributed by atoms with Gasteiger partial charge in [0.15, 0.2) is 0 Å². The zero-order chi connectivity index (χ0) is 5.98. The molecule has 2 nitrogen and oxygen atoms in total. The molecule has 0 aliphatic carbocycles. The van der Waals surface area contributed by atoms with Crippen LogP contribution in [0.2, 0.25) is 0 Å². The van der Waals surface area contributed by atoms with Gasteiger partial charge in [-0.25, -0.2) is 4.98 Å². The lowest BCUT2D eigenvalue weighted by atomic mass is 9.98. The second-order valence-electron chi connectivity index (χ2n) is 1.51. The summed E-state index contributed by atoms with van der Waals surface area (Å²) in [6.45, 7) is 0. The van der Waals surface area contributed by atoms with Crippen molar-refractivity contribution in [2.24, 2.45) is 0 Å². The molecule has 0 aliphatic heterocycles. The van der Waals surface area contributed by atoms with Crippen molar-refractivity contribution in [1.82, 2.24) is 4.98 Å². The highest BCUT2D eigenvalue weighted by Crippen LogP contribution is 1.86. The van der Waals surface area contributed by atoms with Crippen molar-refractivity contribution in [3.63, 3.8) is 0 Å². The molecule has 0 aromatic carbocycles. The van der Waals surface area contributed by atoms with E-state index in [9.17, 15) is 0 Å². The lowest BCUT2D eigenvalue weighted by molar-refractivity contribution is 1.35. The minimum atomic E-state index is 0.463. The number of hydrogen-bond acceptors (Lipinski definition) is 2. The highest BCUT2D eigenvalue weighted by Gasteiger charge is 1.82. The average Bonchev–Trinajstić information content (AvgIpc) is 1.64. The van der Waals surface area contributed by atoms with Gasteiger partial charge in [-0.3, -0.25) is 0 Å². The molecule has 1 rings (SSSR count). The highest BCUT2D eigenvalue weighted by molar-refractivity contribution is 6.32. The molecule has 1 heterocycles. The van der Waals surface area contributed by atoms with Crippen molar-refractivity contribution in [3.8, 4) is 0 Å². The number of nitrogen functional groups attached to an aromatic ring is 1. The Bertz CT molecular complexity index is 170. The molecule has 0 amide bonds. The van der Waals surface area contributed by atoms with Crippen molar-refractivity contribution in [1.29, 1.82) is 0 Å². The third-order valence-electron chi connectivity index (χ3n) is 0.805.